The van der Waals surface area contributed by atoms with E-state index >= 15 is 0 Å². The van der Waals surface area contributed by atoms with E-state index in [0.29, 0.717) is 19.4 Å². The van der Waals surface area contributed by atoms with Crippen LogP contribution in [0.2, 0.25) is 0 Å². The van der Waals surface area contributed by atoms with Crippen LogP contribution in [0.4, 0.5) is 0 Å². The van der Waals surface area contributed by atoms with Gasteiger partial charge in [0.05, 0.1) is 22.7 Å². The Kier molecular flexibility index (Phi) is 13.4. The molecule has 0 saturated heterocycles. The van der Waals surface area contributed by atoms with Crippen molar-refractivity contribution in [3.05, 3.63) is 12.7 Å². The van der Waals surface area contributed by atoms with Gasteiger partial charge in [-0.3, -0.25) is 9.59 Å². The second kappa shape index (κ2) is 13.8. The van der Waals surface area contributed by atoms with Crippen LogP contribution < -0.4 is 0 Å². The summed E-state index contributed by atoms with van der Waals surface area (Å²) >= 11 is 0. The minimum Gasteiger partial charge on any atom is -0.376 e. The smallest absolute Gasteiger partial charge is 0.141 e. The first-order valence-electron chi connectivity index (χ1n) is 12.9. The molecule has 0 aliphatic rings. The lowest BCUT2D eigenvalue weighted by Gasteiger charge is -2.43. The maximum atomic E-state index is 13.1. The lowest BCUT2D eigenvalue weighted by atomic mass is 9.72. The van der Waals surface area contributed by atoms with Gasteiger partial charge >= 0.3 is 0 Å². The summed E-state index contributed by atoms with van der Waals surface area (Å²) in [5, 5.41) is 0. The number of unbranched alkanes of at least 4 members (excludes halogenated alkanes) is 2. The quantitative estimate of drug-likeness (QED) is 0.162. The summed E-state index contributed by atoms with van der Waals surface area (Å²) < 4.78 is 12.4. The summed E-state index contributed by atoms with van der Waals surface area (Å²) in [6.07, 6.45) is 9.27. The number of carbonyl (C=O) groups excluding carboxylic acids is 2. The summed E-state index contributed by atoms with van der Waals surface area (Å²) in [5.74, 6) is 0.522. The third kappa shape index (κ3) is 12.9. The molecule has 0 heterocycles. The topological polar surface area (TPSA) is 52.6 Å². The van der Waals surface area contributed by atoms with Gasteiger partial charge in [-0.05, 0) is 79.6 Å². The van der Waals surface area contributed by atoms with Gasteiger partial charge in [-0.25, -0.2) is 0 Å². The van der Waals surface area contributed by atoms with Crippen molar-refractivity contribution >= 4 is 11.6 Å². The molecule has 0 aromatic rings. The average Bonchev–Trinajstić information content (AvgIpc) is 2.65. The zero-order valence-electron chi connectivity index (χ0n) is 23.6. The maximum absolute atomic E-state index is 13.1. The molecule has 0 aromatic heterocycles. The highest BCUT2D eigenvalue weighted by atomic mass is 16.5. The summed E-state index contributed by atoms with van der Waals surface area (Å²) in [5.41, 5.74) is -1.64. The molecular formula is C29H54O4. The predicted octanol–water partition coefficient (Wildman–Crippen LogP) is 7.87. The predicted molar refractivity (Wildman–Crippen MR) is 140 cm³/mol. The molecule has 0 amide bonds. The van der Waals surface area contributed by atoms with Gasteiger partial charge in [-0.15, -0.1) is 6.58 Å². The van der Waals surface area contributed by atoms with Crippen molar-refractivity contribution in [2.45, 2.75) is 144 Å². The van der Waals surface area contributed by atoms with Crippen molar-refractivity contribution in [1.29, 1.82) is 0 Å². The number of hydrogen-bond donors (Lipinski definition) is 0. The van der Waals surface area contributed by atoms with E-state index in [2.05, 4.69) is 6.58 Å². The number of allylic oxidation sites excluding steroid dienone is 1. The van der Waals surface area contributed by atoms with Gasteiger partial charge in [0, 0.05) is 24.9 Å². The monoisotopic (exact) mass is 466 g/mol. The van der Waals surface area contributed by atoms with Crippen molar-refractivity contribution in [1.82, 2.24) is 0 Å². The van der Waals surface area contributed by atoms with Gasteiger partial charge in [-0.2, -0.15) is 0 Å². The van der Waals surface area contributed by atoms with E-state index in [0.717, 1.165) is 44.9 Å². The molecule has 0 N–H and O–H groups in total. The number of ether oxygens (including phenoxy) is 2. The third-order valence-corrected chi connectivity index (χ3v) is 6.70. The van der Waals surface area contributed by atoms with Crippen molar-refractivity contribution in [2.75, 3.05) is 6.61 Å². The zero-order valence-corrected chi connectivity index (χ0v) is 23.6. The Balaban J connectivity index is 4.97. The Morgan fingerprint density at radius 2 is 1.33 bits per heavy atom. The van der Waals surface area contributed by atoms with Crippen LogP contribution in [0.1, 0.15) is 127 Å². The summed E-state index contributed by atoms with van der Waals surface area (Å²) in [6, 6.07) is 0. The summed E-state index contributed by atoms with van der Waals surface area (Å²) in [4.78, 5) is 25.5. The Morgan fingerprint density at radius 1 is 0.788 bits per heavy atom. The second-order valence-corrected chi connectivity index (χ2v) is 12.5. The molecule has 33 heavy (non-hydrogen) atoms. The lowest BCUT2D eigenvalue weighted by molar-refractivity contribution is -0.162. The summed E-state index contributed by atoms with van der Waals surface area (Å²) in [6.45, 7) is 24.6. The van der Waals surface area contributed by atoms with Crippen LogP contribution in [0.3, 0.4) is 0 Å². The lowest BCUT2D eigenvalue weighted by Crippen LogP contribution is -2.49. The van der Waals surface area contributed by atoms with Crippen LogP contribution in [-0.2, 0) is 19.1 Å². The first-order chi connectivity index (χ1) is 14.9. The number of hydrogen-bond acceptors (Lipinski definition) is 4. The highest BCUT2D eigenvalue weighted by molar-refractivity contribution is 5.85. The fraction of sp³-hybridized carbons (Fsp3) is 0.862. The minimum absolute atomic E-state index is 0.0278. The maximum Gasteiger partial charge on any atom is 0.141 e. The first-order valence-corrected chi connectivity index (χ1v) is 12.9. The fourth-order valence-corrected chi connectivity index (χ4v) is 3.60. The Morgan fingerprint density at radius 3 is 1.85 bits per heavy atom. The minimum atomic E-state index is -0.601. The van der Waals surface area contributed by atoms with Crippen molar-refractivity contribution in [2.24, 2.45) is 10.8 Å². The van der Waals surface area contributed by atoms with Gasteiger partial charge in [0.2, 0.25) is 0 Å². The Bertz CT molecular complexity index is 602. The molecule has 1 unspecified atom stereocenters. The van der Waals surface area contributed by atoms with Crippen LogP contribution in [0.5, 0.6) is 0 Å². The molecule has 0 bridgehead atoms. The number of ketones is 2. The van der Waals surface area contributed by atoms with Crippen LogP contribution in [0, 0.1) is 10.8 Å². The van der Waals surface area contributed by atoms with E-state index in [1.54, 1.807) is 0 Å². The number of Topliss-reactive ketones (excluding diaryl/α,β-unsaturated/α-hetero) is 2. The van der Waals surface area contributed by atoms with Crippen molar-refractivity contribution < 1.29 is 19.1 Å². The zero-order chi connectivity index (χ0) is 25.9. The highest BCUT2D eigenvalue weighted by Gasteiger charge is 2.44. The fourth-order valence-electron chi connectivity index (χ4n) is 3.60. The van der Waals surface area contributed by atoms with E-state index in [9.17, 15) is 9.59 Å². The SMILES string of the molecule is C=CCCCC(CCCC(=O)C(C)(C)C)OC(C)(C)C(C)(C)C(=O)CCCCOC(C)(C)C. The van der Waals surface area contributed by atoms with Gasteiger partial charge in [0.1, 0.15) is 11.6 Å². The standard InChI is InChI=1S/C29H54O4/c1-12-13-14-18-23(19-17-21-24(30)26(2,3)4)33-29(10,11)28(8,9)25(31)20-15-16-22-32-27(5,6)7/h12,23H,1,13-22H2,2-11H3. The normalized spacial score (nSPS) is 14.2. The Labute approximate surface area is 205 Å². The van der Waals surface area contributed by atoms with Crippen LogP contribution in [0.15, 0.2) is 12.7 Å². The van der Waals surface area contributed by atoms with E-state index in [1.807, 2.05) is 75.3 Å². The molecule has 0 radical (unpaired) electrons. The van der Waals surface area contributed by atoms with Crippen LogP contribution in [0.25, 0.3) is 0 Å². The van der Waals surface area contributed by atoms with E-state index in [4.69, 9.17) is 9.47 Å². The molecule has 0 aliphatic carbocycles. The largest absolute Gasteiger partial charge is 0.376 e. The molecule has 4 nitrogen and oxygen atoms in total. The number of rotatable bonds is 17. The van der Waals surface area contributed by atoms with E-state index in [1.165, 1.54) is 0 Å². The average molecular weight is 467 g/mol. The third-order valence-electron chi connectivity index (χ3n) is 6.70. The van der Waals surface area contributed by atoms with Crippen LogP contribution >= 0.6 is 0 Å². The molecule has 0 spiro atoms. The second-order valence-electron chi connectivity index (χ2n) is 12.5. The first kappa shape index (κ1) is 32.0. The van der Waals surface area contributed by atoms with Gasteiger partial charge < -0.3 is 9.47 Å². The molecule has 0 aromatic carbocycles. The molecular weight excluding hydrogens is 412 g/mol. The van der Waals surface area contributed by atoms with Gasteiger partial charge in [0.25, 0.3) is 0 Å². The van der Waals surface area contributed by atoms with E-state index < -0.39 is 11.0 Å². The van der Waals surface area contributed by atoms with Gasteiger partial charge in [-0.1, -0.05) is 40.7 Å². The van der Waals surface area contributed by atoms with Gasteiger partial charge in [0.15, 0.2) is 0 Å². The summed E-state index contributed by atoms with van der Waals surface area (Å²) in [7, 11) is 0. The molecule has 1 atom stereocenters. The molecule has 0 saturated carbocycles. The molecule has 194 valence electrons. The molecule has 4 heteroatoms. The molecule has 0 fully saturated rings. The van der Waals surface area contributed by atoms with Crippen molar-refractivity contribution in [3.63, 3.8) is 0 Å². The Hall–Kier alpha value is -1.00. The molecule has 0 rings (SSSR count). The molecule has 0 aliphatic heterocycles. The van der Waals surface area contributed by atoms with E-state index in [-0.39, 0.29) is 28.7 Å². The van der Waals surface area contributed by atoms with Crippen molar-refractivity contribution in [3.8, 4) is 0 Å². The highest BCUT2D eigenvalue weighted by Crippen LogP contribution is 2.38. The number of carbonyl (C=O) groups is 2. The van der Waals surface area contributed by atoms with Crippen LogP contribution in [-0.4, -0.2) is 35.5 Å².